The fourth-order valence-electron chi connectivity index (χ4n) is 0.620. The molecule has 3 heteroatoms. The van der Waals surface area contributed by atoms with Crippen molar-refractivity contribution < 1.29 is 0 Å². The fourth-order valence-corrected chi connectivity index (χ4v) is 4.01. The van der Waals surface area contributed by atoms with Gasteiger partial charge in [-0.25, -0.2) is 0 Å². The van der Waals surface area contributed by atoms with Gasteiger partial charge in [0.25, 0.3) is 0 Å². The maximum Gasteiger partial charge on any atom is 0.0266 e. The van der Waals surface area contributed by atoms with E-state index in [-0.39, 0.29) is 0 Å². The van der Waals surface area contributed by atoms with Crippen LogP contribution in [0.1, 0.15) is 6.42 Å². The highest BCUT2D eigenvalue weighted by Gasteiger charge is 2.32. The summed E-state index contributed by atoms with van der Waals surface area (Å²) in [4.78, 5) is 0. The Hall–Kier alpha value is 0.530. The van der Waals surface area contributed by atoms with Crippen molar-refractivity contribution in [1.29, 1.82) is 0 Å². The molecular formula is C5H8S3. The van der Waals surface area contributed by atoms with Crippen LogP contribution in [0.3, 0.4) is 0 Å². The van der Waals surface area contributed by atoms with Crippen LogP contribution in [0.15, 0.2) is 12.7 Å². The van der Waals surface area contributed by atoms with E-state index in [0.29, 0.717) is 5.25 Å². The molecule has 0 aliphatic carbocycles. The summed E-state index contributed by atoms with van der Waals surface area (Å²) in [7, 11) is -0.924. The summed E-state index contributed by atoms with van der Waals surface area (Å²) >= 11 is 10.1. The first-order chi connectivity index (χ1) is 3.67. The van der Waals surface area contributed by atoms with Crippen LogP contribution in [-0.4, -0.2) is 11.0 Å². The van der Waals surface area contributed by atoms with Crippen LogP contribution in [0.25, 0.3) is 0 Å². The molecule has 46 valence electrons. The minimum absolute atomic E-state index is 0.657. The number of allylic oxidation sites excluding steroid dienone is 1. The van der Waals surface area contributed by atoms with E-state index in [1.165, 1.54) is 0 Å². The molecule has 0 aromatic carbocycles. The van der Waals surface area contributed by atoms with Crippen LogP contribution in [0.2, 0.25) is 0 Å². The first kappa shape index (κ1) is 6.65. The van der Waals surface area contributed by atoms with E-state index in [1.807, 2.05) is 6.08 Å². The van der Waals surface area contributed by atoms with Crippen molar-refractivity contribution in [3.8, 4) is 0 Å². The molecule has 8 heavy (non-hydrogen) atoms. The molecule has 1 unspecified atom stereocenters. The third kappa shape index (κ3) is 1.27. The van der Waals surface area contributed by atoms with Crippen molar-refractivity contribution in [3.63, 3.8) is 0 Å². The first-order valence-electron chi connectivity index (χ1n) is 2.49. The smallest absolute Gasteiger partial charge is 0.0266 e. The first-order valence-corrected chi connectivity index (χ1v) is 6.21. The number of hydrogen-bond acceptors (Lipinski definition) is 2. The highest BCUT2D eigenvalue weighted by Crippen LogP contribution is 2.25. The molecule has 1 fully saturated rings. The highest BCUT2D eigenvalue weighted by atomic mass is 33.1. The van der Waals surface area contributed by atoms with Gasteiger partial charge in [0, 0.05) is 11.0 Å². The Morgan fingerprint density at radius 1 is 1.75 bits per heavy atom. The van der Waals surface area contributed by atoms with Gasteiger partial charge in [-0.15, -0.1) is 6.58 Å². The van der Waals surface area contributed by atoms with Gasteiger partial charge in [0.15, 0.2) is 0 Å². The van der Waals surface area contributed by atoms with E-state index < -0.39 is 7.15 Å². The lowest BCUT2D eigenvalue weighted by Gasteiger charge is -1.80. The van der Waals surface area contributed by atoms with Crippen molar-refractivity contribution in [2.75, 3.05) is 5.75 Å². The molecule has 0 aromatic rings. The van der Waals surface area contributed by atoms with Crippen LogP contribution in [0.4, 0.5) is 0 Å². The predicted molar refractivity (Wildman–Crippen MR) is 45.6 cm³/mol. The van der Waals surface area contributed by atoms with E-state index in [2.05, 4.69) is 6.58 Å². The maximum absolute atomic E-state index is 5.07. The topological polar surface area (TPSA) is 0 Å². The molecule has 0 radical (unpaired) electrons. The molecule has 1 atom stereocenters. The van der Waals surface area contributed by atoms with Crippen LogP contribution in [0.5, 0.6) is 0 Å². The number of hydrogen-bond donors (Lipinski definition) is 0. The highest BCUT2D eigenvalue weighted by molar-refractivity contribution is 8.60. The minimum Gasteiger partial charge on any atom is -0.103 e. The van der Waals surface area contributed by atoms with Crippen molar-refractivity contribution in [2.45, 2.75) is 11.7 Å². The molecule has 0 nitrogen and oxygen atoms in total. The zero-order valence-corrected chi connectivity index (χ0v) is 6.95. The molecule has 0 aromatic heterocycles. The number of rotatable bonds is 2. The Morgan fingerprint density at radius 2 is 2.25 bits per heavy atom. The Morgan fingerprint density at radius 3 is 2.38 bits per heavy atom. The van der Waals surface area contributed by atoms with Crippen LogP contribution in [-0.2, 0) is 29.5 Å². The van der Waals surface area contributed by atoms with Gasteiger partial charge < -0.3 is 0 Å². The van der Waals surface area contributed by atoms with Crippen molar-refractivity contribution in [3.05, 3.63) is 12.7 Å². The van der Waals surface area contributed by atoms with Crippen LogP contribution >= 0.6 is 0 Å². The van der Waals surface area contributed by atoms with Gasteiger partial charge in [-0.1, -0.05) is 13.2 Å². The van der Waals surface area contributed by atoms with Crippen molar-refractivity contribution in [2.24, 2.45) is 0 Å². The molecule has 1 rings (SSSR count). The SMILES string of the molecule is C=CCC1CS1(=S)=S. The van der Waals surface area contributed by atoms with E-state index >= 15 is 0 Å². The molecule has 0 bridgehead atoms. The Balaban J connectivity index is 2.49. The second-order valence-corrected chi connectivity index (χ2v) is 8.50. The van der Waals surface area contributed by atoms with Crippen LogP contribution < -0.4 is 0 Å². The quantitative estimate of drug-likeness (QED) is 0.441. The molecule has 1 aliphatic rings. The van der Waals surface area contributed by atoms with Gasteiger partial charge >= 0.3 is 0 Å². The van der Waals surface area contributed by atoms with E-state index in [0.717, 1.165) is 12.2 Å². The minimum atomic E-state index is -0.924. The molecule has 0 spiro atoms. The van der Waals surface area contributed by atoms with Gasteiger partial charge in [-0.3, -0.25) is 0 Å². The standard InChI is InChI=1S/C5H8S3/c1-2-3-5-4-8(5,6)7/h2,5H,1,3-4H2. The molecule has 0 N–H and O–H groups in total. The summed E-state index contributed by atoms with van der Waals surface area (Å²) in [6, 6.07) is 0. The average molecular weight is 164 g/mol. The lowest BCUT2D eigenvalue weighted by atomic mass is 10.3. The lowest BCUT2D eigenvalue weighted by Crippen LogP contribution is -1.80. The summed E-state index contributed by atoms with van der Waals surface area (Å²) in [6.45, 7) is 3.63. The molecule has 1 saturated heterocycles. The Labute approximate surface area is 59.8 Å². The summed E-state index contributed by atoms with van der Waals surface area (Å²) < 4.78 is 0. The van der Waals surface area contributed by atoms with Gasteiger partial charge in [-0.2, -0.15) is 0 Å². The Bertz CT molecular complexity index is 188. The van der Waals surface area contributed by atoms with Crippen molar-refractivity contribution in [1.82, 2.24) is 0 Å². The third-order valence-corrected chi connectivity index (χ3v) is 5.50. The van der Waals surface area contributed by atoms with E-state index in [4.69, 9.17) is 22.4 Å². The van der Waals surface area contributed by atoms with Gasteiger partial charge in [0.1, 0.15) is 0 Å². The fraction of sp³-hybridized carbons (Fsp3) is 0.600. The van der Waals surface area contributed by atoms with E-state index in [1.54, 1.807) is 0 Å². The van der Waals surface area contributed by atoms with Crippen LogP contribution in [0, 0.1) is 0 Å². The van der Waals surface area contributed by atoms with E-state index in [9.17, 15) is 0 Å². The third-order valence-electron chi connectivity index (χ3n) is 1.24. The zero-order valence-electron chi connectivity index (χ0n) is 4.50. The second kappa shape index (κ2) is 2.05. The average Bonchev–Trinajstić information content (AvgIpc) is 2.15. The predicted octanol–water partition coefficient (Wildman–Crippen LogP) is 1.02. The molecule has 0 saturated carbocycles. The van der Waals surface area contributed by atoms with Gasteiger partial charge in [-0.05, 0) is 28.8 Å². The van der Waals surface area contributed by atoms with Crippen molar-refractivity contribution >= 4 is 29.5 Å². The molecule has 0 amide bonds. The van der Waals surface area contributed by atoms with Gasteiger partial charge in [0.05, 0.1) is 0 Å². The molecule has 1 heterocycles. The Kier molecular flexibility index (Phi) is 1.70. The van der Waals surface area contributed by atoms with Gasteiger partial charge in [0.2, 0.25) is 0 Å². The molecule has 1 aliphatic heterocycles. The molecular weight excluding hydrogens is 156 g/mol. The summed E-state index contributed by atoms with van der Waals surface area (Å²) in [5.74, 6) is 1.11. The normalized spacial score (nSPS) is 31.8. The lowest BCUT2D eigenvalue weighted by molar-refractivity contribution is 1.08. The summed E-state index contributed by atoms with van der Waals surface area (Å²) in [6.07, 6.45) is 2.96. The summed E-state index contributed by atoms with van der Waals surface area (Å²) in [5, 5.41) is 0.657. The zero-order chi connectivity index (χ0) is 6.20. The monoisotopic (exact) mass is 164 g/mol. The summed E-state index contributed by atoms with van der Waals surface area (Å²) in [5.41, 5.74) is 0. The largest absolute Gasteiger partial charge is 0.103 e. The maximum atomic E-state index is 5.07. The second-order valence-electron chi connectivity index (χ2n) is 1.98.